The van der Waals surface area contributed by atoms with Crippen LogP contribution < -0.4 is 10.1 Å². The minimum Gasteiger partial charge on any atom is -0.493 e. The van der Waals surface area contributed by atoms with Crippen LogP contribution in [0.15, 0.2) is 18.2 Å². The molecule has 0 bridgehead atoms. The summed E-state index contributed by atoms with van der Waals surface area (Å²) in [5.74, 6) is 0.660. The van der Waals surface area contributed by atoms with Gasteiger partial charge < -0.3 is 14.8 Å². The number of carbonyl (C=O) groups excluding carboxylic acids is 1. The number of benzene rings is 1. The van der Waals surface area contributed by atoms with Crippen LogP contribution in [0.1, 0.15) is 45.6 Å². The second kappa shape index (κ2) is 7.20. The molecule has 0 heterocycles. The summed E-state index contributed by atoms with van der Waals surface area (Å²) in [5.41, 5.74) is 0.438. The number of hydrogen-bond donors (Lipinski definition) is 1. The molecule has 0 aliphatic heterocycles. The number of rotatable bonds is 4. The van der Waals surface area contributed by atoms with Crippen molar-refractivity contribution in [3.8, 4) is 5.75 Å². The molecule has 5 heteroatoms. The van der Waals surface area contributed by atoms with Crippen molar-refractivity contribution in [2.24, 2.45) is 5.92 Å². The quantitative estimate of drug-likeness (QED) is 0.903. The number of nitrogens with one attached hydrogen (secondary N) is 1. The first-order valence-corrected chi connectivity index (χ1v) is 8.11. The Morgan fingerprint density at radius 1 is 1.35 bits per heavy atom. The molecule has 1 aliphatic rings. The number of aryl methyl sites for hydroxylation is 1. The van der Waals surface area contributed by atoms with Gasteiger partial charge in [0.15, 0.2) is 0 Å². The second-order valence-electron chi connectivity index (χ2n) is 7.24. The first kappa shape index (κ1) is 17.6. The monoisotopic (exact) mass is 323 g/mol. The summed E-state index contributed by atoms with van der Waals surface area (Å²) >= 11 is 0. The van der Waals surface area contributed by atoms with Crippen molar-refractivity contribution in [3.63, 3.8) is 0 Å². The van der Waals surface area contributed by atoms with Crippen LogP contribution in [0.4, 0.5) is 9.18 Å². The van der Waals surface area contributed by atoms with Gasteiger partial charge in [0.1, 0.15) is 17.2 Å². The minimum atomic E-state index is -0.486. The molecule has 1 N–H and O–H groups in total. The fourth-order valence-corrected chi connectivity index (χ4v) is 2.77. The molecule has 1 aliphatic carbocycles. The van der Waals surface area contributed by atoms with E-state index in [2.05, 4.69) is 5.32 Å². The van der Waals surface area contributed by atoms with Crippen LogP contribution in [0.25, 0.3) is 0 Å². The van der Waals surface area contributed by atoms with E-state index in [0.717, 1.165) is 24.8 Å². The van der Waals surface area contributed by atoms with Crippen LogP contribution in [-0.4, -0.2) is 24.3 Å². The highest BCUT2D eigenvalue weighted by atomic mass is 19.1. The molecule has 1 aromatic carbocycles. The van der Waals surface area contributed by atoms with E-state index in [1.807, 2.05) is 27.7 Å². The van der Waals surface area contributed by atoms with Gasteiger partial charge in [-0.2, -0.15) is 0 Å². The smallest absolute Gasteiger partial charge is 0.407 e. The summed E-state index contributed by atoms with van der Waals surface area (Å²) in [7, 11) is 0. The summed E-state index contributed by atoms with van der Waals surface area (Å²) in [6, 6.07) is 4.68. The van der Waals surface area contributed by atoms with Crippen molar-refractivity contribution in [1.82, 2.24) is 5.32 Å². The van der Waals surface area contributed by atoms with E-state index in [1.165, 1.54) is 12.1 Å². The fraction of sp³-hybridized carbons (Fsp3) is 0.611. The summed E-state index contributed by atoms with van der Waals surface area (Å²) in [6.45, 7) is 7.98. The van der Waals surface area contributed by atoms with Gasteiger partial charge in [0, 0.05) is 12.1 Å². The summed E-state index contributed by atoms with van der Waals surface area (Å²) in [6.07, 6.45) is 2.38. The van der Waals surface area contributed by atoms with Gasteiger partial charge in [0.05, 0.1) is 6.61 Å². The Hall–Kier alpha value is -1.78. The van der Waals surface area contributed by atoms with Gasteiger partial charge in [0.25, 0.3) is 0 Å². The Morgan fingerprint density at radius 3 is 2.78 bits per heavy atom. The van der Waals surface area contributed by atoms with Crippen LogP contribution >= 0.6 is 0 Å². The molecule has 4 nitrogen and oxygen atoms in total. The lowest BCUT2D eigenvalue weighted by molar-refractivity contribution is 0.0504. The van der Waals surface area contributed by atoms with E-state index in [9.17, 15) is 9.18 Å². The number of halogens is 1. The third-order valence-corrected chi connectivity index (χ3v) is 3.89. The molecule has 1 fully saturated rings. The van der Waals surface area contributed by atoms with E-state index in [0.29, 0.717) is 18.3 Å². The average molecular weight is 323 g/mol. The third kappa shape index (κ3) is 5.73. The van der Waals surface area contributed by atoms with E-state index in [-0.39, 0.29) is 18.0 Å². The Morgan fingerprint density at radius 2 is 2.09 bits per heavy atom. The molecule has 23 heavy (non-hydrogen) atoms. The lowest BCUT2D eigenvalue weighted by Crippen LogP contribution is -2.38. The summed E-state index contributed by atoms with van der Waals surface area (Å²) in [5, 5.41) is 2.91. The first-order chi connectivity index (χ1) is 10.7. The predicted octanol–water partition coefficient (Wildman–Crippen LogP) is 4.21. The van der Waals surface area contributed by atoms with Gasteiger partial charge >= 0.3 is 6.09 Å². The van der Waals surface area contributed by atoms with Crippen molar-refractivity contribution in [2.45, 2.75) is 58.6 Å². The lowest BCUT2D eigenvalue weighted by atomic mass is 10.1. The zero-order chi connectivity index (χ0) is 17.0. The number of hydrogen-bond acceptors (Lipinski definition) is 3. The molecule has 2 unspecified atom stereocenters. The van der Waals surface area contributed by atoms with Crippen LogP contribution in [0.2, 0.25) is 0 Å². The lowest BCUT2D eigenvalue weighted by Gasteiger charge is -2.21. The maximum absolute atomic E-state index is 13.2. The summed E-state index contributed by atoms with van der Waals surface area (Å²) < 4.78 is 24.3. The SMILES string of the molecule is Cc1ccc(F)cc1OCC1CCC(NC(=O)OC(C)(C)C)C1. The Balaban J connectivity index is 1.77. The zero-order valence-corrected chi connectivity index (χ0v) is 14.3. The molecule has 0 aromatic heterocycles. The maximum atomic E-state index is 13.2. The number of alkyl carbamates (subject to hydrolysis) is 1. The number of ether oxygens (including phenoxy) is 2. The van der Waals surface area contributed by atoms with Gasteiger partial charge in [-0.25, -0.2) is 9.18 Å². The number of carbonyl (C=O) groups is 1. The highest BCUT2D eigenvalue weighted by molar-refractivity contribution is 5.68. The standard InChI is InChI=1S/C18H26FNO3/c1-12-5-7-14(19)10-16(12)22-11-13-6-8-15(9-13)20-17(21)23-18(2,3)4/h5,7,10,13,15H,6,8-9,11H2,1-4H3,(H,20,21). The highest BCUT2D eigenvalue weighted by Crippen LogP contribution is 2.28. The van der Waals surface area contributed by atoms with Gasteiger partial charge in [-0.15, -0.1) is 0 Å². The largest absolute Gasteiger partial charge is 0.493 e. The van der Waals surface area contributed by atoms with Crippen molar-refractivity contribution in [1.29, 1.82) is 0 Å². The van der Waals surface area contributed by atoms with Gasteiger partial charge in [0.2, 0.25) is 0 Å². The molecule has 128 valence electrons. The van der Waals surface area contributed by atoms with Gasteiger partial charge in [-0.1, -0.05) is 6.07 Å². The molecular weight excluding hydrogens is 297 g/mol. The van der Waals surface area contributed by atoms with Crippen LogP contribution in [0.5, 0.6) is 5.75 Å². The van der Waals surface area contributed by atoms with Crippen molar-refractivity contribution in [2.75, 3.05) is 6.61 Å². The summed E-state index contributed by atoms with van der Waals surface area (Å²) in [4.78, 5) is 11.8. The first-order valence-electron chi connectivity index (χ1n) is 8.11. The molecular formula is C18H26FNO3. The normalized spacial score (nSPS) is 21.1. The minimum absolute atomic E-state index is 0.118. The van der Waals surface area contributed by atoms with E-state index in [1.54, 1.807) is 6.07 Å². The Kier molecular flexibility index (Phi) is 5.50. The third-order valence-electron chi connectivity index (χ3n) is 3.89. The Bertz CT molecular complexity index is 554. The maximum Gasteiger partial charge on any atom is 0.407 e. The van der Waals surface area contributed by atoms with E-state index < -0.39 is 5.60 Å². The molecule has 0 spiro atoms. The average Bonchev–Trinajstić information content (AvgIpc) is 2.85. The second-order valence-corrected chi connectivity index (χ2v) is 7.24. The van der Waals surface area contributed by atoms with Crippen LogP contribution in [-0.2, 0) is 4.74 Å². The molecule has 0 saturated heterocycles. The van der Waals surface area contributed by atoms with Gasteiger partial charge in [-0.3, -0.25) is 0 Å². The number of amides is 1. The molecule has 1 amide bonds. The van der Waals surface area contributed by atoms with E-state index in [4.69, 9.17) is 9.47 Å². The van der Waals surface area contributed by atoms with Crippen molar-refractivity contribution >= 4 is 6.09 Å². The molecule has 1 saturated carbocycles. The zero-order valence-electron chi connectivity index (χ0n) is 14.3. The highest BCUT2D eigenvalue weighted by Gasteiger charge is 2.28. The van der Waals surface area contributed by atoms with Crippen LogP contribution in [0, 0.1) is 18.7 Å². The fourth-order valence-electron chi connectivity index (χ4n) is 2.77. The molecule has 0 radical (unpaired) electrons. The topological polar surface area (TPSA) is 47.6 Å². The van der Waals surface area contributed by atoms with Crippen LogP contribution in [0.3, 0.4) is 0 Å². The van der Waals surface area contributed by atoms with Gasteiger partial charge in [-0.05, 0) is 64.5 Å². The molecule has 2 atom stereocenters. The van der Waals surface area contributed by atoms with E-state index >= 15 is 0 Å². The molecule has 2 rings (SSSR count). The Labute approximate surface area is 137 Å². The van der Waals surface area contributed by atoms with Crippen molar-refractivity contribution < 1.29 is 18.7 Å². The predicted molar refractivity (Wildman–Crippen MR) is 87.1 cm³/mol. The molecule has 1 aromatic rings. The van der Waals surface area contributed by atoms with Crippen molar-refractivity contribution in [3.05, 3.63) is 29.6 Å².